The van der Waals surface area contributed by atoms with E-state index in [2.05, 4.69) is 71.5 Å². The van der Waals surface area contributed by atoms with Crippen LogP contribution in [0.2, 0.25) is 0 Å². The number of nitrogens with one attached hydrogen (secondary N) is 1. The number of rotatable bonds is 3. The molecular formula is C15H18Br2CoN2. The quantitative estimate of drug-likeness (QED) is 0.694. The molecule has 0 aliphatic carbocycles. The molecule has 1 aromatic heterocycles. The maximum atomic E-state index is 4.31. The number of hydrogen-bond donors (Lipinski definition) is 1. The van der Waals surface area contributed by atoms with Crippen LogP contribution in [0.15, 0.2) is 36.5 Å². The van der Waals surface area contributed by atoms with E-state index in [-0.39, 0.29) is 0 Å². The average molecular weight is 445 g/mol. The van der Waals surface area contributed by atoms with Crippen LogP contribution in [-0.4, -0.2) is 4.98 Å². The number of aromatic nitrogens is 1. The monoisotopic (exact) mass is 443 g/mol. The average Bonchev–Trinajstić information content (AvgIpc) is 2.39. The zero-order chi connectivity index (χ0) is 15.0. The first-order valence-electron chi connectivity index (χ1n) is 6.13. The van der Waals surface area contributed by atoms with Gasteiger partial charge >= 0.3 is 39.5 Å². The predicted octanol–water partition coefficient (Wildman–Crippen LogP) is 5.31. The van der Waals surface area contributed by atoms with Gasteiger partial charge in [-0.1, -0.05) is 23.8 Å². The summed E-state index contributed by atoms with van der Waals surface area (Å²) in [5.74, 6) is 0. The van der Waals surface area contributed by atoms with Gasteiger partial charge in [-0.05, 0) is 44.0 Å². The fourth-order valence-corrected chi connectivity index (χ4v) is 2.14. The van der Waals surface area contributed by atoms with Gasteiger partial charge in [-0.15, -0.1) is 0 Å². The van der Waals surface area contributed by atoms with Gasteiger partial charge in [-0.2, -0.15) is 0 Å². The molecule has 0 atom stereocenters. The summed E-state index contributed by atoms with van der Waals surface area (Å²) in [5.41, 5.74) is 6.17. The van der Waals surface area contributed by atoms with E-state index in [9.17, 15) is 0 Å². The summed E-state index contributed by atoms with van der Waals surface area (Å²) < 4.78 is 0. The Kier molecular flexibility index (Phi) is 8.45. The molecule has 0 aliphatic heterocycles. The molecule has 0 saturated heterocycles. The first-order valence-corrected chi connectivity index (χ1v) is 11.3. The molecule has 1 heterocycles. The van der Waals surface area contributed by atoms with Gasteiger partial charge in [0.1, 0.15) is 0 Å². The molecule has 1 aromatic carbocycles. The van der Waals surface area contributed by atoms with Crippen LogP contribution in [-0.2, 0) is 17.7 Å². The van der Waals surface area contributed by atoms with Crippen molar-refractivity contribution in [3.8, 4) is 0 Å². The summed E-state index contributed by atoms with van der Waals surface area (Å²) in [6.07, 6.45) is 1.83. The summed E-state index contributed by atoms with van der Waals surface area (Å²) in [6.45, 7) is 7.18. The minimum absolute atomic E-state index is 0.769. The van der Waals surface area contributed by atoms with Crippen LogP contribution in [0.5, 0.6) is 0 Å². The second kappa shape index (κ2) is 9.55. The van der Waals surface area contributed by atoms with Crippen LogP contribution < -0.4 is 5.32 Å². The van der Waals surface area contributed by atoms with Gasteiger partial charge in [0, 0.05) is 11.9 Å². The van der Waals surface area contributed by atoms with Crippen molar-refractivity contribution in [2.24, 2.45) is 0 Å². The minimum atomic E-state index is 0.769. The normalized spacial score (nSPS) is 9.85. The van der Waals surface area contributed by atoms with Crippen molar-refractivity contribution in [3.05, 3.63) is 58.9 Å². The topological polar surface area (TPSA) is 24.9 Å². The van der Waals surface area contributed by atoms with Crippen LogP contribution >= 0.6 is 28.3 Å². The molecule has 0 saturated carbocycles. The Morgan fingerprint density at radius 3 is 2.20 bits per heavy atom. The van der Waals surface area contributed by atoms with Gasteiger partial charge in [0.25, 0.3) is 0 Å². The summed E-state index contributed by atoms with van der Waals surface area (Å²) in [4.78, 5) is 4.31. The Morgan fingerprint density at radius 1 is 1.10 bits per heavy atom. The van der Waals surface area contributed by atoms with E-state index < -0.39 is 0 Å². The molecule has 0 radical (unpaired) electrons. The first kappa shape index (κ1) is 17.7. The van der Waals surface area contributed by atoms with E-state index in [1.807, 2.05) is 24.4 Å². The molecule has 20 heavy (non-hydrogen) atoms. The zero-order valence-corrected chi connectivity index (χ0v) is 15.9. The standard InChI is InChI=1S/C15H18N2.2BrH.Co/c1-11-8-12(2)15(13(3)9-11)17-10-14-6-4-5-7-16-14;;;/h4-9,17H,10H2,1-3H3;2*1H;/q;;;+2/p-2. The van der Waals surface area contributed by atoms with Crippen LogP contribution in [0, 0.1) is 20.8 Å². The van der Waals surface area contributed by atoms with Crippen LogP contribution in [0.25, 0.3) is 0 Å². The van der Waals surface area contributed by atoms with Gasteiger partial charge in [0.2, 0.25) is 0 Å². The van der Waals surface area contributed by atoms with Crippen molar-refractivity contribution in [2.45, 2.75) is 27.3 Å². The third kappa shape index (κ3) is 5.95. The molecule has 1 N–H and O–H groups in total. The predicted molar refractivity (Wildman–Crippen MR) is 90.1 cm³/mol. The van der Waals surface area contributed by atoms with Crippen LogP contribution in [0.4, 0.5) is 5.69 Å². The van der Waals surface area contributed by atoms with Crippen molar-refractivity contribution in [1.29, 1.82) is 0 Å². The third-order valence-corrected chi connectivity index (χ3v) is 2.85. The van der Waals surface area contributed by atoms with Gasteiger partial charge < -0.3 is 5.32 Å². The molecule has 111 valence electrons. The number of halogens is 2. The molecule has 0 fully saturated rings. The Balaban J connectivity index is 0.000000612. The van der Waals surface area contributed by atoms with Gasteiger partial charge in [0.15, 0.2) is 0 Å². The van der Waals surface area contributed by atoms with Gasteiger partial charge in [-0.3, -0.25) is 4.98 Å². The number of hydrogen-bond acceptors (Lipinski definition) is 2. The molecule has 0 aliphatic rings. The Bertz CT molecular complexity index is 510. The van der Waals surface area contributed by atoms with E-state index in [1.165, 1.54) is 22.4 Å². The summed E-state index contributed by atoms with van der Waals surface area (Å²) >= 11 is 7.12. The molecule has 0 bridgehead atoms. The van der Waals surface area contributed by atoms with Gasteiger partial charge in [0.05, 0.1) is 12.2 Å². The van der Waals surface area contributed by atoms with E-state index in [0.29, 0.717) is 0 Å². The van der Waals surface area contributed by atoms with E-state index in [1.54, 1.807) is 0 Å². The fourth-order valence-electron chi connectivity index (χ4n) is 2.14. The molecule has 0 amide bonds. The molecule has 2 nitrogen and oxygen atoms in total. The summed E-state index contributed by atoms with van der Waals surface area (Å²) in [6, 6.07) is 10.4. The summed E-state index contributed by atoms with van der Waals surface area (Å²) in [5, 5.41) is 3.46. The maximum absolute atomic E-state index is 4.31. The van der Waals surface area contributed by atoms with Crippen molar-refractivity contribution >= 4 is 34.0 Å². The number of aryl methyl sites for hydroxylation is 3. The van der Waals surface area contributed by atoms with Gasteiger partial charge in [-0.25, -0.2) is 0 Å². The Labute approximate surface area is 141 Å². The van der Waals surface area contributed by atoms with Crippen LogP contribution in [0.1, 0.15) is 22.4 Å². The zero-order valence-electron chi connectivity index (χ0n) is 11.7. The molecule has 0 spiro atoms. The number of nitrogens with zero attached hydrogens (tertiary/aromatic N) is 1. The molecule has 2 rings (SSSR count). The second-order valence-electron chi connectivity index (χ2n) is 4.50. The fraction of sp³-hybridized carbons (Fsp3) is 0.267. The summed E-state index contributed by atoms with van der Waals surface area (Å²) in [7, 11) is 0. The van der Waals surface area contributed by atoms with Crippen LogP contribution in [0.3, 0.4) is 0 Å². The SMILES string of the molecule is Cc1cc(C)c(NCc2ccccn2)c(C)c1.[Br][Co][Br]. The van der Waals surface area contributed by atoms with E-state index in [4.69, 9.17) is 0 Å². The van der Waals surface area contributed by atoms with Crippen molar-refractivity contribution in [1.82, 2.24) is 4.98 Å². The third-order valence-electron chi connectivity index (χ3n) is 2.85. The van der Waals surface area contributed by atoms with E-state index >= 15 is 0 Å². The Hall–Kier alpha value is -0.364. The van der Waals surface area contributed by atoms with Crippen molar-refractivity contribution < 1.29 is 11.1 Å². The molecule has 0 unspecified atom stereocenters. The molecule has 2 aromatic rings. The van der Waals surface area contributed by atoms with Crippen molar-refractivity contribution in [2.75, 3.05) is 5.32 Å². The molecule has 5 heteroatoms. The number of anilines is 1. The second-order valence-corrected chi connectivity index (χ2v) is 9.75. The molecular weight excluding hydrogens is 427 g/mol. The number of benzene rings is 1. The first-order chi connectivity index (χ1) is 9.58. The van der Waals surface area contributed by atoms with E-state index in [0.717, 1.165) is 23.4 Å². The van der Waals surface area contributed by atoms with Crippen molar-refractivity contribution in [3.63, 3.8) is 0 Å². The Morgan fingerprint density at radius 2 is 1.70 bits per heavy atom. The number of pyridine rings is 1.